The summed E-state index contributed by atoms with van der Waals surface area (Å²) in [7, 11) is -5.66. The molecule has 0 radical (unpaired) electrons. The Kier molecular flexibility index (Phi) is 9.90. The predicted octanol–water partition coefficient (Wildman–Crippen LogP) is 9.69. The van der Waals surface area contributed by atoms with Gasteiger partial charge in [0.1, 0.15) is 5.75 Å². The number of halogens is 3. The smallest absolute Gasteiger partial charge is 0.376 e. The Morgan fingerprint density at radius 2 is 1.49 bits per heavy atom. The zero-order chi connectivity index (χ0) is 33.2. The van der Waals surface area contributed by atoms with Crippen molar-refractivity contribution in [1.82, 2.24) is 0 Å². The van der Waals surface area contributed by atoms with Gasteiger partial charge in [-0.2, -0.15) is 33.4 Å². The second-order valence-electron chi connectivity index (χ2n) is 12.3. The zero-order valence-electron chi connectivity index (χ0n) is 26.3. The first-order valence-electron chi connectivity index (χ1n) is 14.4. The molecule has 2 heterocycles. The van der Waals surface area contributed by atoms with Gasteiger partial charge < -0.3 is 14.8 Å². The van der Waals surface area contributed by atoms with Crippen LogP contribution in [0, 0.1) is 6.92 Å². The van der Waals surface area contributed by atoms with Gasteiger partial charge in [0.2, 0.25) is 0 Å². The first-order chi connectivity index (χ1) is 20.9. The summed E-state index contributed by atoms with van der Waals surface area (Å²) < 4.78 is 63.0. The van der Waals surface area contributed by atoms with Gasteiger partial charge >= 0.3 is 15.6 Å². The molecule has 0 saturated heterocycles. The van der Waals surface area contributed by atoms with Crippen molar-refractivity contribution in [3.05, 3.63) is 102 Å². The lowest BCUT2D eigenvalue weighted by Crippen LogP contribution is -2.32. The van der Waals surface area contributed by atoms with E-state index in [1.165, 1.54) is 51.7 Å². The standard InChI is InChI=1S/C22H25NS.C13H14F3NO3S/c1-5-12-24-15-18-14-22(3,4)23-21-11-10-17(13-20(18)21)19-9-7-6-8-16(19)2;1-8-7-12(2,3)17-11-5-4-9(6-10(8)11)20-21(18,19)13(14,15)16/h5-11,13-14,23H,1,12,15H2,2-4H3;4-7,17H,1-3H3. The second-order valence-corrected chi connectivity index (χ2v) is 14.8. The molecule has 0 amide bonds. The van der Waals surface area contributed by atoms with Crippen LogP contribution < -0.4 is 14.8 Å². The Bertz CT molecular complexity index is 1760. The third kappa shape index (κ3) is 8.35. The molecule has 2 aliphatic heterocycles. The van der Waals surface area contributed by atoms with Gasteiger partial charge in [0.25, 0.3) is 0 Å². The van der Waals surface area contributed by atoms with Crippen LogP contribution in [0.1, 0.15) is 51.3 Å². The van der Waals surface area contributed by atoms with Gasteiger partial charge in [-0.05, 0) is 99.7 Å². The molecule has 3 aromatic rings. The molecule has 0 aliphatic carbocycles. The van der Waals surface area contributed by atoms with E-state index in [-0.39, 0.29) is 16.8 Å². The van der Waals surface area contributed by atoms with Gasteiger partial charge in [0.15, 0.2) is 0 Å². The third-order valence-corrected chi connectivity index (χ3v) is 9.21. The van der Waals surface area contributed by atoms with Gasteiger partial charge in [-0.3, -0.25) is 0 Å². The molecule has 0 unspecified atom stereocenters. The quantitative estimate of drug-likeness (QED) is 0.114. The molecule has 2 N–H and O–H groups in total. The normalized spacial score (nSPS) is 16.3. The SMILES string of the molecule is C=CCSCC1=CC(C)(C)Nc2ccc(-c3ccccc3C)cc21.CC1=CC(C)(C)Nc2ccc(OS(=O)(=O)C(F)(F)F)cc21. The summed E-state index contributed by atoms with van der Waals surface area (Å²) in [5.41, 5.74) is 4.25. The van der Waals surface area contributed by atoms with Crippen molar-refractivity contribution < 1.29 is 25.8 Å². The van der Waals surface area contributed by atoms with E-state index in [1.807, 2.05) is 37.8 Å². The fraction of sp³-hybridized carbons (Fsp3) is 0.314. The van der Waals surface area contributed by atoms with E-state index in [2.05, 4.69) is 90.7 Å². The number of rotatable bonds is 7. The predicted molar refractivity (Wildman–Crippen MR) is 183 cm³/mol. The number of aryl methyl sites for hydroxylation is 1. The van der Waals surface area contributed by atoms with Gasteiger partial charge in [-0.1, -0.05) is 48.6 Å². The highest BCUT2D eigenvalue weighted by Gasteiger charge is 2.48. The van der Waals surface area contributed by atoms with E-state index in [1.54, 1.807) is 6.92 Å². The summed E-state index contributed by atoms with van der Waals surface area (Å²) in [6, 6.07) is 19.3. The summed E-state index contributed by atoms with van der Waals surface area (Å²) in [5, 5.41) is 6.83. The number of anilines is 2. The van der Waals surface area contributed by atoms with E-state index in [4.69, 9.17) is 0 Å². The Hall–Kier alpha value is -3.63. The summed E-state index contributed by atoms with van der Waals surface area (Å²) in [6.45, 7) is 16.1. The number of hydrogen-bond donors (Lipinski definition) is 2. The summed E-state index contributed by atoms with van der Waals surface area (Å²) >= 11 is 1.91. The first kappa shape index (κ1) is 34.2. The lowest BCUT2D eigenvalue weighted by Gasteiger charge is -2.32. The maximum atomic E-state index is 12.3. The summed E-state index contributed by atoms with van der Waals surface area (Å²) in [4.78, 5) is 0. The average Bonchev–Trinajstić information content (AvgIpc) is 2.92. The summed E-state index contributed by atoms with van der Waals surface area (Å²) in [6.07, 6.45) is 6.24. The van der Waals surface area contributed by atoms with Crippen LogP contribution in [0.25, 0.3) is 22.3 Å². The monoisotopic (exact) mass is 656 g/mol. The zero-order valence-corrected chi connectivity index (χ0v) is 27.9. The van der Waals surface area contributed by atoms with E-state index >= 15 is 0 Å². The average molecular weight is 657 g/mol. The molecule has 0 fully saturated rings. The summed E-state index contributed by atoms with van der Waals surface area (Å²) in [5.74, 6) is 1.62. The van der Waals surface area contributed by atoms with Crippen LogP contribution >= 0.6 is 11.8 Å². The van der Waals surface area contributed by atoms with E-state index in [9.17, 15) is 21.6 Å². The Morgan fingerprint density at radius 3 is 2.13 bits per heavy atom. The fourth-order valence-corrected chi connectivity index (χ4v) is 6.63. The minimum atomic E-state index is -5.66. The molecule has 0 atom stereocenters. The van der Waals surface area contributed by atoms with Crippen molar-refractivity contribution in [2.45, 2.75) is 58.1 Å². The molecule has 0 bridgehead atoms. The van der Waals surface area contributed by atoms with Crippen LogP contribution in [0.15, 0.2) is 85.5 Å². The topological polar surface area (TPSA) is 67.4 Å². The minimum absolute atomic E-state index is 0.0126. The molecular weight excluding hydrogens is 618 g/mol. The van der Waals surface area contributed by atoms with Crippen molar-refractivity contribution >= 4 is 44.4 Å². The highest BCUT2D eigenvalue weighted by Crippen LogP contribution is 2.39. The van der Waals surface area contributed by atoms with Crippen LogP contribution in [0.2, 0.25) is 0 Å². The molecule has 45 heavy (non-hydrogen) atoms. The highest BCUT2D eigenvalue weighted by molar-refractivity contribution is 7.99. The van der Waals surface area contributed by atoms with Crippen molar-refractivity contribution in [3.63, 3.8) is 0 Å². The van der Waals surface area contributed by atoms with Gasteiger partial charge in [0, 0.05) is 34.0 Å². The molecule has 240 valence electrons. The Labute approximate surface area is 268 Å². The lowest BCUT2D eigenvalue weighted by atomic mass is 9.89. The van der Waals surface area contributed by atoms with Crippen LogP contribution in [0.3, 0.4) is 0 Å². The Morgan fingerprint density at radius 1 is 0.867 bits per heavy atom. The number of thioether (sulfide) groups is 1. The molecule has 2 aliphatic rings. The molecule has 5 nitrogen and oxygen atoms in total. The lowest BCUT2D eigenvalue weighted by molar-refractivity contribution is -0.0500. The van der Waals surface area contributed by atoms with E-state index < -0.39 is 15.6 Å². The first-order valence-corrected chi connectivity index (χ1v) is 17.0. The number of nitrogens with one attached hydrogen (secondary N) is 2. The molecule has 0 aromatic heterocycles. The van der Waals surface area contributed by atoms with Crippen LogP contribution in [-0.2, 0) is 10.1 Å². The van der Waals surface area contributed by atoms with Crippen molar-refractivity contribution in [2.24, 2.45) is 0 Å². The highest BCUT2D eigenvalue weighted by atomic mass is 32.2. The van der Waals surface area contributed by atoms with Gasteiger partial charge in [-0.25, -0.2) is 0 Å². The number of allylic oxidation sites excluding steroid dienone is 1. The number of benzene rings is 3. The van der Waals surface area contributed by atoms with Crippen molar-refractivity contribution in [3.8, 4) is 16.9 Å². The van der Waals surface area contributed by atoms with Crippen LogP contribution in [0.4, 0.5) is 24.5 Å². The van der Waals surface area contributed by atoms with Gasteiger partial charge in [-0.15, -0.1) is 6.58 Å². The molecule has 5 rings (SSSR count). The van der Waals surface area contributed by atoms with Crippen LogP contribution in [0.5, 0.6) is 5.75 Å². The minimum Gasteiger partial charge on any atom is -0.376 e. The molecule has 0 spiro atoms. The Balaban J connectivity index is 0.000000207. The fourth-order valence-electron chi connectivity index (χ4n) is 5.44. The number of alkyl halides is 3. The molecular formula is C35H39F3N2O3S2. The van der Waals surface area contributed by atoms with E-state index in [0.29, 0.717) is 11.3 Å². The maximum Gasteiger partial charge on any atom is 0.534 e. The number of hydrogen-bond acceptors (Lipinski definition) is 6. The third-order valence-electron chi connectivity index (χ3n) is 7.25. The van der Waals surface area contributed by atoms with Crippen molar-refractivity contribution in [1.29, 1.82) is 0 Å². The number of fused-ring (bicyclic) bond motifs is 2. The van der Waals surface area contributed by atoms with Crippen molar-refractivity contribution in [2.75, 3.05) is 22.1 Å². The molecule has 3 aromatic carbocycles. The van der Waals surface area contributed by atoms with Gasteiger partial charge in [0.05, 0.1) is 11.1 Å². The maximum absolute atomic E-state index is 12.3. The van der Waals surface area contributed by atoms with Crippen LogP contribution in [-0.4, -0.2) is 36.5 Å². The second kappa shape index (κ2) is 13.0. The largest absolute Gasteiger partial charge is 0.534 e. The molecule has 0 saturated carbocycles. The van der Waals surface area contributed by atoms with E-state index in [0.717, 1.165) is 17.1 Å². The molecule has 10 heteroatoms.